The monoisotopic (exact) mass is 304 g/mol. The standard InChI is InChI=1S/C14H21N3O2S/c1-15-20(18,19)10-11-4-5-14-13(8-11)12(9-16-14)6-7-17(2)3/h4-5,8-9,15-16H,6-7,10H2,1-3H3/i1D3,2D3,4D,5D,8D. The van der Waals surface area contributed by atoms with Gasteiger partial charge in [0.1, 0.15) is 0 Å². The van der Waals surface area contributed by atoms with Crippen LogP contribution in [0.15, 0.2) is 24.3 Å². The Bertz CT molecular complexity index is 1010. The Morgan fingerprint density at radius 1 is 1.50 bits per heavy atom. The summed E-state index contributed by atoms with van der Waals surface area (Å²) in [5.74, 6) is -0.940. The maximum atomic E-state index is 12.1. The molecule has 1 heterocycles. The van der Waals surface area contributed by atoms with Crippen LogP contribution in [-0.4, -0.2) is 45.8 Å². The van der Waals surface area contributed by atoms with Crippen molar-refractivity contribution in [1.29, 1.82) is 0 Å². The summed E-state index contributed by atoms with van der Waals surface area (Å²) < 4.78 is 93.6. The van der Waals surface area contributed by atoms with Gasteiger partial charge in [-0.2, -0.15) is 0 Å². The van der Waals surface area contributed by atoms with Crippen molar-refractivity contribution in [2.45, 2.75) is 12.2 Å². The van der Waals surface area contributed by atoms with E-state index in [1.165, 1.54) is 18.0 Å². The predicted molar refractivity (Wildman–Crippen MR) is 82.2 cm³/mol. The van der Waals surface area contributed by atoms with Crippen LogP contribution in [0.5, 0.6) is 0 Å². The van der Waals surface area contributed by atoms with Crippen LogP contribution in [0.3, 0.4) is 0 Å². The van der Waals surface area contributed by atoms with Gasteiger partial charge >= 0.3 is 0 Å². The van der Waals surface area contributed by atoms with Gasteiger partial charge in [-0.25, -0.2) is 13.1 Å². The van der Waals surface area contributed by atoms with Gasteiger partial charge in [0.25, 0.3) is 0 Å². The van der Waals surface area contributed by atoms with E-state index in [1.807, 2.05) is 0 Å². The van der Waals surface area contributed by atoms with Gasteiger partial charge in [0.05, 0.1) is 9.87 Å². The lowest BCUT2D eigenvalue weighted by Gasteiger charge is -2.08. The maximum absolute atomic E-state index is 12.1. The molecule has 0 spiro atoms. The van der Waals surface area contributed by atoms with Gasteiger partial charge in [-0.1, -0.05) is 6.04 Å². The number of fused-ring (bicyclic) bond motifs is 1. The Morgan fingerprint density at radius 2 is 2.35 bits per heavy atom. The van der Waals surface area contributed by atoms with Crippen LogP contribution in [0.1, 0.15) is 23.5 Å². The fourth-order valence-corrected chi connectivity index (χ4v) is 2.41. The Hall–Kier alpha value is -1.37. The maximum Gasteiger partial charge on any atom is 0.215 e. The lowest BCUT2D eigenvalue weighted by atomic mass is 10.1. The van der Waals surface area contributed by atoms with Crippen molar-refractivity contribution < 1.29 is 20.8 Å². The lowest BCUT2D eigenvalue weighted by Crippen LogP contribution is -2.20. The fraction of sp³-hybridized carbons (Fsp3) is 0.429. The number of rotatable bonds is 6. The highest BCUT2D eigenvalue weighted by Gasteiger charge is 2.11. The Kier molecular flexibility index (Phi) is 2.10. The second kappa shape index (κ2) is 5.95. The number of aromatic amines is 1. The molecule has 0 saturated heterocycles. The Balaban J connectivity index is 2.48. The number of H-pyrrole nitrogens is 1. The quantitative estimate of drug-likeness (QED) is 0.846. The first-order valence-corrected chi connectivity index (χ1v) is 7.50. The van der Waals surface area contributed by atoms with Gasteiger partial charge < -0.3 is 9.88 Å². The molecule has 0 bridgehead atoms. The number of benzene rings is 1. The number of nitrogens with one attached hydrogen (secondary N) is 2. The van der Waals surface area contributed by atoms with Gasteiger partial charge in [-0.3, -0.25) is 0 Å². The minimum absolute atomic E-state index is 0.118. The van der Waals surface area contributed by atoms with Gasteiger partial charge in [0.2, 0.25) is 10.0 Å². The molecule has 0 saturated carbocycles. The summed E-state index contributed by atoms with van der Waals surface area (Å²) in [6.07, 6.45) is 1.70. The fourth-order valence-electron chi connectivity index (χ4n) is 1.81. The summed E-state index contributed by atoms with van der Waals surface area (Å²) >= 11 is 0. The molecule has 20 heavy (non-hydrogen) atoms. The largest absolute Gasteiger partial charge is 0.361 e. The Morgan fingerprint density at radius 3 is 3.10 bits per heavy atom. The number of likely N-dealkylation sites (N-methyl/N-ethyl adjacent to an activating group) is 1. The highest BCUT2D eigenvalue weighted by Crippen LogP contribution is 2.21. The molecular formula is C14H21N3O2S. The highest BCUT2D eigenvalue weighted by atomic mass is 32.2. The first kappa shape index (κ1) is 7.06. The van der Waals surface area contributed by atoms with Crippen LogP contribution in [0.2, 0.25) is 0 Å². The van der Waals surface area contributed by atoms with Crippen molar-refractivity contribution in [2.75, 3.05) is 27.5 Å². The molecule has 0 amide bonds. The average molecular weight is 304 g/mol. The lowest BCUT2D eigenvalue weighted by molar-refractivity contribution is 0.414. The molecule has 0 unspecified atom stereocenters. The second-order valence-corrected chi connectivity index (χ2v) is 6.17. The van der Waals surface area contributed by atoms with E-state index in [2.05, 4.69) is 4.98 Å². The van der Waals surface area contributed by atoms with Crippen molar-refractivity contribution in [1.82, 2.24) is 14.6 Å². The number of hydrogen-bond acceptors (Lipinski definition) is 3. The number of hydrogen-bond donors (Lipinski definition) is 2. The molecular weight excluding hydrogens is 274 g/mol. The third-order valence-corrected chi connectivity index (χ3v) is 3.76. The van der Waals surface area contributed by atoms with Crippen molar-refractivity contribution in [3.63, 3.8) is 0 Å². The molecule has 0 aliphatic rings. The van der Waals surface area contributed by atoms with Crippen molar-refractivity contribution in [3.8, 4) is 0 Å². The Labute approximate surface area is 132 Å². The SMILES string of the molecule is [2H]c1c(CS(=O)(=O)NC([2H])([2H])[2H])c([2H])c2c(CCN(C)C([2H])([2H])[2H])c[nH]c2c1[2H]. The molecule has 0 atom stereocenters. The van der Waals surface area contributed by atoms with Crippen molar-refractivity contribution in [2.24, 2.45) is 0 Å². The normalized spacial score (nSPS) is 20.2. The van der Waals surface area contributed by atoms with Crippen LogP contribution in [0, 0.1) is 0 Å². The minimum Gasteiger partial charge on any atom is -0.361 e. The number of sulfonamides is 1. The molecule has 0 fully saturated rings. The van der Waals surface area contributed by atoms with E-state index in [9.17, 15) is 8.42 Å². The topological polar surface area (TPSA) is 65.2 Å². The van der Waals surface area contributed by atoms with Gasteiger partial charge in [-0.15, -0.1) is 0 Å². The molecule has 5 nitrogen and oxygen atoms in total. The van der Waals surface area contributed by atoms with Crippen LogP contribution in [0.4, 0.5) is 0 Å². The molecule has 0 radical (unpaired) electrons. The summed E-state index contributed by atoms with van der Waals surface area (Å²) in [4.78, 5) is 3.93. The molecule has 110 valence electrons. The molecule has 0 aliphatic heterocycles. The molecule has 0 aliphatic carbocycles. The van der Waals surface area contributed by atoms with Gasteiger partial charge in [0.15, 0.2) is 0 Å². The zero-order valence-corrected chi connectivity index (χ0v) is 11.7. The average Bonchev–Trinajstić information content (AvgIpc) is 2.95. The summed E-state index contributed by atoms with van der Waals surface area (Å²) in [6.45, 7) is -5.14. The summed E-state index contributed by atoms with van der Waals surface area (Å²) in [7, 11) is -2.98. The summed E-state index contributed by atoms with van der Waals surface area (Å²) in [5.41, 5.74) is 0.359. The first-order valence-electron chi connectivity index (χ1n) is 10.3. The van der Waals surface area contributed by atoms with E-state index in [0.29, 0.717) is 5.56 Å². The molecule has 6 heteroatoms. The van der Waals surface area contributed by atoms with E-state index < -0.39 is 35.8 Å². The van der Waals surface area contributed by atoms with Gasteiger partial charge in [0, 0.05) is 31.9 Å². The molecule has 2 N–H and O–H groups in total. The zero-order chi connectivity index (χ0) is 22.4. The summed E-state index contributed by atoms with van der Waals surface area (Å²) in [5, 5.41) is 0.212. The van der Waals surface area contributed by atoms with Crippen molar-refractivity contribution >= 4 is 20.9 Å². The third-order valence-electron chi connectivity index (χ3n) is 2.78. The second-order valence-electron chi connectivity index (χ2n) is 4.45. The molecule has 1 aromatic carbocycles. The highest BCUT2D eigenvalue weighted by molar-refractivity contribution is 7.88. The van der Waals surface area contributed by atoms with Crippen LogP contribution < -0.4 is 4.72 Å². The molecule has 2 rings (SSSR count). The van der Waals surface area contributed by atoms with E-state index >= 15 is 0 Å². The van der Waals surface area contributed by atoms with E-state index in [0.717, 1.165) is 4.90 Å². The van der Waals surface area contributed by atoms with Crippen LogP contribution >= 0.6 is 0 Å². The van der Waals surface area contributed by atoms with E-state index in [1.54, 1.807) is 0 Å². The minimum atomic E-state index is -4.39. The van der Waals surface area contributed by atoms with Crippen LogP contribution in [0.25, 0.3) is 10.9 Å². The number of aromatic nitrogens is 1. The number of nitrogens with zero attached hydrogens (tertiary/aromatic N) is 1. The third kappa shape index (κ3) is 3.59. The van der Waals surface area contributed by atoms with E-state index in [-0.39, 0.29) is 41.5 Å². The van der Waals surface area contributed by atoms with Crippen LogP contribution in [-0.2, 0) is 22.2 Å². The van der Waals surface area contributed by atoms with E-state index in [4.69, 9.17) is 12.3 Å². The first-order chi connectivity index (χ1) is 13.0. The zero-order valence-electron chi connectivity index (χ0n) is 19.9. The molecule has 2 aromatic rings. The predicted octanol–water partition coefficient (Wildman–Crippen LogP) is 1.32. The summed E-state index contributed by atoms with van der Waals surface area (Å²) in [6, 6.07) is -1.14. The smallest absolute Gasteiger partial charge is 0.215 e. The molecule has 1 aromatic heterocycles. The van der Waals surface area contributed by atoms with Crippen molar-refractivity contribution in [3.05, 3.63) is 35.5 Å². The van der Waals surface area contributed by atoms with Gasteiger partial charge in [-0.05, 0) is 50.6 Å².